The molecule has 1 aliphatic heterocycles. The minimum atomic E-state index is 0.245. The lowest BCUT2D eigenvalue weighted by atomic mass is 9.86. The Labute approximate surface area is 104 Å². The lowest BCUT2D eigenvalue weighted by molar-refractivity contribution is -0.0963. The zero-order chi connectivity index (χ0) is 12.1. The monoisotopic (exact) mass is 242 g/mol. The van der Waals surface area contributed by atoms with Crippen LogP contribution < -0.4 is 5.73 Å². The number of rotatable bonds is 4. The Balaban J connectivity index is 1.72. The fourth-order valence-corrected chi connectivity index (χ4v) is 2.86. The van der Waals surface area contributed by atoms with Crippen molar-refractivity contribution in [1.82, 2.24) is 4.90 Å². The van der Waals surface area contributed by atoms with Gasteiger partial charge in [-0.05, 0) is 32.4 Å². The van der Waals surface area contributed by atoms with Crippen LogP contribution in [-0.4, -0.2) is 57.0 Å². The van der Waals surface area contributed by atoms with Crippen LogP contribution in [0.3, 0.4) is 0 Å². The van der Waals surface area contributed by atoms with Gasteiger partial charge in [-0.3, -0.25) is 0 Å². The van der Waals surface area contributed by atoms with Crippen LogP contribution in [-0.2, 0) is 9.47 Å². The molecule has 2 aliphatic rings. The average Bonchev–Trinajstić information content (AvgIpc) is 2.37. The molecule has 1 saturated carbocycles. The van der Waals surface area contributed by atoms with Crippen LogP contribution in [0.4, 0.5) is 0 Å². The molecule has 0 aromatic carbocycles. The van der Waals surface area contributed by atoms with E-state index in [4.69, 9.17) is 15.2 Å². The second-order valence-corrected chi connectivity index (χ2v) is 5.41. The van der Waals surface area contributed by atoms with Crippen molar-refractivity contribution in [1.29, 1.82) is 0 Å². The van der Waals surface area contributed by atoms with Crippen molar-refractivity contribution in [3.63, 3.8) is 0 Å². The molecule has 2 fully saturated rings. The van der Waals surface area contributed by atoms with Gasteiger partial charge < -0.3 is 20.1 Å². The van der Waals surface area contributed by atoms with Gasteiger partial charge in [0.25, 0.3) is 0 Å². The van der Waals surface area contributed by atoms with Crippen molar-refractivity contribution < 1.29 is 9.47 Å². The van der Waals surface area contributed by atoms with Crippen molar-refractivity contribution in [3.05, 3.63) is 0 Å². The lowest BCUT2D eigenvalue weighted by Crippen LogP contribution is -2.44. The van der Waals surface area contributed by atoms with Gasteiger partial charge in [0.1, 0.15) is 0 Å². The summed E-state index contributed by atoms with van der Waals surface area (Å²) in [5.41, 5.74) is 5.80. The predicted molar refractivity (Wildman–Crippen MR) is 68.0 cm³/mol. The standard InChI is InChI=1S/C13H26N2O2/c1-15-6-7-16-12(9-15)10-17-13-5-3-2-4-11(13)8-14/h11-13H,2-10,14H2,1H3. The molecule has 0 radical (unpaired) electrons. The zero-order valence-corrected chi connectivity index (χ0v) is 10.9. The number of nitrogens with zero attached hydrogens (tertiary/aromatic N) is 1. The Kier molecular flexibility index (Phi) is 5.22. The Morgan fingerprint density at radius 3 is 2.94 bits per heavy atom. The van der Waals surface area contributed by atoms with Crippen LogP contribution in [0.2, 0.25) is 0 Å². The number of likely N-dealkylation sites (N-methyl/N-ethyl adjacent to an activating group) is 1. The van der Waals surface area contributed by atoms with E-state index in [1.807, 2.05) is 0 Å². The Morgan fingerprint density at radius 2 is 2.18 bits per heavy atom. The summed E-state index contributed by atoms with van der Waals surface area (Å²) >= 11 is 0. The largest absolute Gasteiger partial charge is 0.375 e. The minimum Gasteiger partial charge on any atom is -0.375 e. The molecule has 0 aromatic heterocycles. The highest BCUT2D eigenvalue weighted by Crippen LogP contribution is 2.26. The van der Waals surface area contributed by atoms with Crippen LogP contribution in [0.1, 0.15) is 25.7 Å². The van der Waals surface area contributed by atoms with Crippen molar-refractivity contribution in [2.24, 2.45) is 11.7 Å². The van der Waals surface area contributed by atoms with E-state index in [0.29, 0.717) is 12.0 Å². The molecule has 1 aliphatic carbocycles. The molecular weight excluding hydrogens is 216 g/mol. The fraction of sp³-hybridized carbons (Fsp3) is 1.00. The van der Waals surface area contributed by atoms with Gasteiger partial charge in [-0.2, -0.15) is 0 Å². The van der Waals surface area contributed by atoms with Crippen LogP contribution in [0.25, 0.3) is 0 Å². The van der Waals surface area contributed by atoms with E-state index in [1.54, 1.807) is 0 Å². The molecule has 0 aromatic rings. The highest BCUT2D eigenvalue weighted by atomic mass is 16.5. The Bertz CT molecular complexity index is 225. The van der Waals surface area contributed by atoms with Gasteiger partial charge in [-0.15, -0.1) is 0 Å². The van der Waals surface area contributed by atoms with E-state index in [1.165, 1.54) is 25.7 Å². The van der Waals surface area contributed by atoms with E-state index in [9.17, 15) is 0 Å². The molecule has 0 bridgehead atoms. The Morgan fingerprint density at radius 1 is 1.35 bits per heavy atom. The maximum Gasteiger partial charge on any atom is 0.0935 e. The third-order valence-corrected chi connectivity index (χ3v) is 3.98. The topological polar surface area (TPSA) is 47.7 Å². The van der Waals surface area contributed by atoms with Gasteiger partial charge in [0.15, 0.2) is 0 Å². The third kappa shape index (κ3) is 3.91. The van der Waals surface area contributed by atoms with Crippen molar-refractivity contribution in [3.8, 4) is 0 Å². The van der Waals surface area contributed by atoms with Gasteiger partial charge in [-0.1, -0.05) is 12.8 Å². The number of nitrogens with two attached hydrogens (primary N) is 1. The summed E-state index contributed by atoms with van der Waals surface area (Å²) in [5.74, 6) is 0.560. The van der Waals surface area contributed by atoms with Crippen LogP contribution in [0.5, 0.6) is 0 Å². The third-order valence-electron chi connectivity index (χ3n) is 3.98. The molecule has 17 heavy (non-hydrogen) atoms. The molecule has 4 heteroatoms. The first-order chi connectivity index (χ1) is 8.29. The van der Waals surface area contributed by atoms with E-state index in [-0.39, 0.29) is 6.10 Å². The first-order valence-corrected chi connectivity index (χ1v) is 6.91. The fourth-order valence-electron chi connectivity index (χ4n) is 2.86. The molecular formula is C13H26N2O2. The summed E-state index contributed by atoms with van der Waals surface area (Å²) < 4.78 is 11.8. The molecule has 0 amide bonds. The maximum absolute atomic E-state index is 6.04. The quantitative estimate of drug-likeness (QED) is 0.794. The molecule has 4 nitrogen and oxygen atoms in total. The number of ether oxygens (including phenoxy) is 2. The predicted octanol–water partition coefficient (Wildman–Crippen LogP) is 0.851. The van der Waals surface area contributed by atoms with Gasteiger partial charge in [-0.25, -0.2) is 0 Å². The summed E-state index contributed by atoms with van der Waals surface area (Å²) in [7, 11) is 2.14. The molecule has 1 saturated heterocycles. The average molecular weight is 242 g/mol. The van der Waals surface area contributed by atoms with Gasteiger partial charge >= 0.3 is 0 Å². The minimum absolute atomic E-state index is 0.245. The van der Waals surface area contributed by atoms with Crippen LogP contribution in [0, 0.1) is 5.92 Å². The summed E-state index contributed by atoms with van der Waals surface area (Å²) in [6, 6.07) is 0. The highest BCUT2D eigenvalue weighted by Gasteiger charge is 2.26. The zero-order valence-electron chi connectivity index (χ0n) is 10.9. The molecule has 100 valence electrons. The number of hydrogen-bond acceptors (Lipinski definition) is 4. The van der Waals surface area contributed by atoms with Gasteiger partial charge in [0, 0.05) is 13.1 Å². The molecule has 0 spiro atoms. The summed E-state index contributed by atoms with van der Waals surface area (Å²) in [6.45, 7) is 4.34. The first kappa shape index (κ1) is 13.3. The molecule has 3 unspecified atom stereocenters. The smallest absolute Gasteiger partial charge is 0.0935 e. The lowest BCUT2D eigenvalue weighted by Gasteiger charge is -2.34. The number of hydrogen-bond donors (Lipinski definition) is 1. The van der Waals surface area contributed by atoms with Crippen molar-refractivity contribution in [2.45, 2.75) is 37.9 Å². The number of morpholine rings is 1. The van der Waals surface area contributed by atoms with Gasteiger partial charge in [0.05, 0.1) is 25.4 Å². The van der Waals surface area contributed by atoms with Crippen LogP contribution >= 0.6 is 0 Å². The Hall–Kier alpha value is -0.160. The first-order valence-electron chi connectivity index (χ1n) is 6.91. The molecule has 3 atom stereocenters. The SMILES string of the molecule is CN1CCOC(COC2CCCCC2CN)C1. The second kappa shape index (κ2) is 6.69. The van der Waals surface area contributed by atoms with Crippen LogP contribution in [0.15, 0.2) is 0 Å². The highest BCUT2D eigenvalue weighted by molar-refractivity contribution is 4.78. The molecule has 1 heterocycles. The second-order valence-electron chi connectivity index (χ2n) is 5.41. The summed E-state index contributed by atoms with van der Waals surface area (Å²) in [5, 5.41) is 0. The normalized spacial score (nSPS) is 36.0. The molecule has 2 N–H and O–H groups in total. The van der Waals surface area contributed by atoms with E-state index in [2.05, 4.69) is 11.9 Å². The van der Waals surface area contributed by atoms with E-state index in [0.717, 1.165) is 32.8 Å². The summed E-state index contributed by atoms with van der Waals surface area (Å²) in [4.78, 5) is 2.30. The van der Waals surface area contributed by atoms with E-state index < -0.39 is 0 Å². The van der Waals surface area contributed by atoms with E-state index >= 15 is 0 Å². The van der Waals surface area contributed by atoms with Crippen molar-refractivity contribution >= 4 is 0 Å². The molecule has 2 rings (SSSR count). The van der Waals surface area contributed by atoms with Crippen molar-refractivity contribution in [2.75, 3.05) is 39.9 Å². The van der Waals surface area contributed by atoms with Gasteiger partial charge in [0.2, 0.25) is 0 Å². The maximum atomic E-state index is 6.04. The summed E-state index contributed by atoms with van der Waals surface area (Å²) in [6.07, 6.45) is 5.60.